The summed E-state index contributed by atoms with van der Waals surface area (Å²) in [5.41, 5.74) is 1.52. The number of amides is 1. The van der Waals surface area contributed by atoms with Crippen LogP contribution >= 0.6 is 35.0 Å². The van der Waals surface area contributed by atoms with E-state index in [2.05, 4.69) is 15.5 Å². The number of carbonyl (C=O) groups is 1. The van der Waals surface area contributed by atoms with Gasteiger partial charge in [-0.1, -0.05) is 47.1 Å². The summed E-state index contributed by atoms with van der Waals surface area (Å²) in [5.74, 6) is 1.14. The van der Waals surface area contributed by atoms with Crippen molar-refractivity contribution in [3.05, 3.63) is 64.0 Å². The van der Waals surface area contributed by atoms with Crippen LogP contribution in [0.15, 0.2) is 52.1 Å². The van der Waals surface area contributed by atoms with E-state index >= 15 is 0 Å². The maximum Gasteiger partial charge on any atom is 0.277 e. The molecule has 0 saturated carbocycles. The van der Waals surface area contributed by atoms with Gasteiger partial charge in [-0.05, 0) is 35.9 Å². The van der Waals surface area contributed by atoms with E-state index in [-0.39, 0.29) is 11.7 Å². The number of thioether (sulfide) groups is 1. The molecule has 0 aliphatic heterocycles. The summed E-state index contributed by atoms with van der Waals surface area (Å²) in [5, 5.41) is 11.9. The number of halogens is 2. The second-order valence-electron chi connectivity index (χ2n) is 5.45. The molecule has 2 aromatic carbocycles. The van der Waals surface area contributed by atoms with Gasteiger partial charge in [0.15, 0.2) is 0 Å². The van der Waals surface area contributed by atoms with Crippen LogP contribution in [0.5, 0.6) is 5.75 Å². The topological polar surface area (TPSA) is 77.2 Å². The number of rotatable bonds is 7. The van der Waals surface area contributed by atoms with E-state index in [1.54, 1.807) is 25.3 Å². The Morgan fingerprint density at radius 2 is 1.96 bits per heavy atom. The molecule has 0 radical (unpaired) electrons. The second-order valence-corrected chi connectivity index (χ2v) is 7.22. The SMILES string of the molecule is COc1ccc(Cc2nnc(SCC(=O)Nc3ccc(Cl)cc3Cl)o2)cc1. The van der Waals surface area contributed by atoms with E-state index in [1.807, 2.05) is 24.3 Å². The Hall–Kier alpha value is -2.22. The third kappa shape index (κ3) is 5.63. The number of carbonyl (C=O) groups excluding carboxylic acids is 1. The highest BCUT2D eigenvalue weighted by Gasteiger charge is 2.12. The maximum absolute atomic E-state index is 12.1. The standard InChI is InChI=1S/C18H15Cl2N3O3S/c1-25-13-5-2-11(3-6-13)8-17-22-23-18(26-17)27-10-16(24)21-15-7-4-12(19)9-14(15)20/h2-7,9H,8,10H2,1H3,(H,21,24). The third-order valence-corrected chi connectivity index (χ3v) is 4.86. The molecule has 0 atom stereocenters. The van der Waals surface area contributed by atoms with E-state index in [4.69, 9.17) is 32.4 Å². The lowest BCUT2D eigenvalue weighted by atomic mass is 10.1. The molecule has 27 heavy (non-hydrogen) atoms. The molecular formula is C18H15Cl2N3O3S. The van der Waals surface area contributed by atoms with Gasteiger partial charge in [0.1, 0.15) is 5.75 Å². The number of aromatic nitrogens is 2. The van der Waals surface area contributed by atoms with Crippen molar-refractivity contribution < 1.29 is 13.9 Å². The Kier molecular flexibility index (Phi) is 6.60. The monoisotopic (exact) mass is 423 g/mol. The van der Waals surface area contributed by atoms with Crippen molar-refractivity contribution >= 4 is 46.6 Å². The molecule has 0 saturated heterocycles. The van der Waals surface area contributed by atoms with E-state index in [0.717, 1.165) is 23.1 Å². The van der Waals surface area contributed by atoms with Gasteiger partial charge in [0.05, 0.1) is 30.0 Å². The van der Waals surface area contributed by atoms with Gasteiger partial charge < -0.3 is 14.5 Å². The lowest BCUT2D eigenvalue weighted by molar-refractivity contribution is -0.113. The van der Waals surface area contributed by atoms with E-state index in [9.17, 15) is 4.79 Å². The van der Waals surface area contributed by atoms with Crippen molar-refractivity contribution in [3.8, 4) is 5.75 Å². The molecule has 1 N–H and O–H groups in total. The molecule has 1 amide bonds. The van der Waals surface area contributed by atoms with Gasteiger partial charge in [0.25, 0.3) is 5.22 Å². The van der Waals surface area contributed by atoms with Crippen molar-refractivity contribution in [2.24, 2.45) is 0 Å². The summed E-state index contributed by atoms with van der Waals surface area (Å²) in [7, 11) is 1.62. The number of anilines is 1. The van der Waals surface area contributed by atoms with Crippen LogP contribution < -0.4 is 10.1 Å². The van der Waals surface area contributed by atoms with Crippen LogP contribution in [-0.2, 0) is 11.2 Å². The second kappa shape index (κ2) is 9.12. The Morgan fingerprint density at radius 3 is 2.67 bits per heavy atom. The molecule has 3 aromatic rings. The molecule has 140 valence electrons. The summed E-state index contributed by atoms with van der Waals surface area (Å²) in [4.78, 5) is 12.1. The van der Waals surface area contributed by atoms with Crippen LogP contribution in [0, 0.1) is 0 Å². The molecular weight excluding hydrogens is 409 g/mol. The highest BCUT2D eigenvalue weighted by molar-refractivity contribution is 7.99. The first kappa shape index (κ1) is 19.5. The van der Waals surface area contributed by atoms with Crippen LogP contribution in [0.4, 0.5) is 5.69 Å². The lowest BCUT2D eigenvalue weighted by Crippen LogP contribution is -2.14. The fourth-order valence-corrected chi connectivity index (χ4v) is 3.23. The smallest absolute Gasteiger partial charge is 0.277 e. The average molecular weight is 424 g/mol. The molecule has 0 aliphatic rings. The van der Waals surface area contributed by atoms with Crippen LogP contribution in [0.25, 0.3) is 0 Å². The first-order valence-electron chi connectivity index (χ1n) is 7.86. The normalized spacial score (nSPS) is 10.6. The summed E-state index contributed by atoms with van der Waals surface area (Å²) in [6.07, 6.45) is 0.504. The average Bonchev–Trinajstić information content (AvgIpc) is 3.10. The largest absolute Gasteiger partial charge is 0.497 e. The van der Waals surface area contributed by atoms with Gasteiger partial charge in [0.2, 0.25) is 11.8 Å². The third-order valence-electron chi connectivity index (χ3n) is 3.49. The lowest BCUT2D eigenvalue weighted by Gasteiger charge is -2.06. The number of ether oxygens (including phenoxy) is 1. The molecule has 3 rings (SSSR count). The first-order chi connectivity index (χ1) is 13.0. The molecule has 1 aromatic heterocycles. The summed E-state index contributed by atoms with van der Waals surface area (Å²) < 4.78 is 10.7. The maximum atomic E-state index is 12.1. The minimum absolute atomic E-state index is 0.114. The summed E-state index contributed by atoms with van der Waals surface area (Å²) in [6.45, 7) is 0. The van der Waals surface area contributed by atoms with Gasteiger partial charge in [-0.25, -0.2) is 0 Å². The molecule has 9 heteroatoms. The molecule has 0 spiro atoms. The molecule has 0 aliphatic carbocycles. The Bertz CT molecular complexity index is 932. The predicted octanol–water partition coefficient (Wildman–Crippen LogP) is 4.71. The number of nitrogens with zero attached hydrogens (tertiary/aromatic N) is 2. The van der Waals surface area contributed by atoms with Crippen LogP contribution in [0.1, 0.15) is 11.5 Å². The molecule has 0 unspecified atom stereocenters. The fraction of sp³-hybridized carbons (Fsp3) is 0.167. The zero-order valence-electron chi connectivity index (χ0n) is 14.2. The molecule has 0 fully saturated rings. The minimum Gasteiger partial charge on any atom is -0.497 e. The number of benzene rings is 2. The number of methoxy groups -OCH3 is 1. The van der Waals surface area contributed by atoms with Gasteiger partial charge in [-0.15, -0.1) is 10.2 Å². The molecule has 6 nitrogen and oxygen atoms in total. The highest BCUT2D eigenvalue weighted by Crippen LogP contribution is 2.26. The fourth-order valence-electron chi connectivity index (χ4n) is 2.19. The Labute approximate surface area is 170 Å². The van der Waals surface area contributed by atoms with Crippen molar-refractivity contribution in [3.63, 3.8) is 0 Å². The first-order valence-corrected chi connectivity index (χ1v) is 9.60. The highest BCUT2D eigenvalue weighted by atomic mass is 35.5. The van der Waals surface area contributed by atoms with Gasteiger partial charge in [-0.2, -0.15) is 0 Å². The zero-order chi connectivity index (χ0) is 19.2. The van der Waals surface area contributed by atoms with Gasteiger partial charge >= 0.3 is 0 Å². The van der Waals surface area contributed by atoms with Crippen LogP contribution in [0.2, 0.25) is 10.0 Å². The van der Waals surface area contributed by atoms with E-state index < -0.39 is 0 Å². The quantitative estimate of drug-likeness (QED) is 0.554. The number of hydrogen-bond acceptors (Lipinski definition) is 6. The predicted molar refractivity (Wildman–Crippen MR) is 106 cm³/mol. The molecule has 0 bridgehead atoms. The zero-order valence-corrected chi connectivity index (χ0v) is 16.6. The van der Waals surface area contributed by atoms with E-state index in [1.165, 1.54) is 0 Å². The van der Waals surface area contributed by atoms with Crippen molar-refractivity contribution in [2.75, 3.05) is 18.2 Å². The summed E-state index contributed by atoms with van der Waals surface area (Å²) in [6, 6.07) is 12.5. The summed E-state index contributed by atoms with van der Waals surface area (Å²) >= 11 is 13.0. The van der Waals surface area contributed by atoms with Gasteiger partial charge in [-0.3, -0.25) is 4.79 Å². The van der Waals surface area contributed by atoms with Crippen molar-refractivity contribution in [2.45, 2.75) is 11.6 Å². The van der Waals surface area contributed by atoms with E-state index in [0.29, 0.717) is 33.3 Å². The number of nitrogens with one attached hydrogen (secondary N) is 1. The van der Waals surface area contributed by atoms with Crippen molar-refractivity contribution in [1.82, 2.24) is 10.2 Å². The Morgan fingerprint density at radius 1 is 1.19 bits per heavy atom. The minimum atomic E-state index is -0.237. The van der Waals surface area contributed by atoms with Gasteiger partial charge in [0, 0.05) is 5.02 Å². The molecule has 1 heterocycles. The van der Waals surface area contributed by atoms with Crippen molar-refractivity contribution in [1.29, 1.82) is 0 Å². The Balaban J connectivity index is 1.52. The van der Waals surface area contributed by atoms with Crippen LogP contribution in [0.3, 0.4) is 0 Å². The van der Waals surface area contributed by atoms with Crippen LogP contribution in [-0.4, -0.2) is 29.0 Å². The number of hydrogen-bond donors (Lipinski definition) is 1.